The molecule has 0 radical (unpaired) electrons. The smallest absolute Gasteiger partial charge is 0.348 e. The number of carbonyl (C=O) groups is 2. The third-order valence-electron chi connectivity index (χ3n) is 3.46. The third-order valence-corrected chi connectivity index (χ3v) is 4.60. The van der Waals surface area contributed by atoms with Crippen LogP contribution in [0, 0.1) is 20.8 Å². The second kappa shape index (κ2) is 6.75. The SMILES string of the molecule is CCOC(=O)c1sc(NC(=O)c2cccc(C)c2C)cc1C. The molecule has 0 bridgehead atoms. The van der Waals surface area contributed by atoms with Crippen molar-refractivity contribution in [1.29, 1.82) is 0 Å². The van der Waals surface area contributed by atoms with Crippen LogP contribution in [0.5, 0.6) is 0 Å². The zero-order valence-electron chi connectivity index (χ0n) is 13.1. The van der Waals surface area contributed by atoms with Gasteiger partial charge in [-0.05, 0) is 56.5 Å². The van der Waals surface area contributed by atoms with E-state index in [0.717, 1.165) is 16.7 Å². The molecule has 0 atom stereocenters. The summed E-state index contributed by atoms with van der Waals surface area (Å²) in [6, 6.07) is 7.42. The second-order valence-electron chi connectivity index (χ2n) is 5.04. The van der Waals surface area contributed by atoms with E-state index in [-0.39, 0.29) is 11.9 Å². The lowest BCUT2D eigenvalue weighted by Gasteiger charge is -2.08. The number of amides is 1. The van der Waals surface area contributed by atoms with Crippen LogP contribution in [-0.2, 0) is 4.74 Å². The summed E-state index contributed by atoms with van der Waals surface area (Å²) in [6.45, 7) is 7.83. The Morgan fingerprint density at radius 3 is 2.59 bits per heavy atom. The van der Waals surface area contributed by atoms with Crippen molar-refractivity contribution in [1.82, 2.24) is 0 Å². The van der Waals surface area contributed by atoms with Crippen LogP contribution in [0.1, 0.15) is 43.6 Å². The number of benzene rings is 1. The molecule has 0 saturated carbocycles. The molecule has 0 aliphatic rings. The van der Waals surface area contributed by atoms with E-state index in [1.54, 1.807) is 19.1 Å². The molecule has 0 saturated heterocycles. The molecule has 5 heteroatoms. The number of hydrogen-bond donors (Lipinski definition) is 1. The maximum atomic E-state index is 12.4. The van der Waals surface area contributed by atoms with Gasteiger partial charge < -0.3 is 10.1 Å². The third kappa shape index (κ3) is 3.36. The largest absolute Gasteiger partial charge is 0.462 e. The zero-order chi connectivity index (χ0) is 16.3. The van der Waals surface area contributed by atoms with Crippen LogP contribution < -0.4 is 5.32 Å². The summed E-state index contributed by atoms with van der Waals surface area (Å²) in [5.74, 6) is -0.518. The molecule has 116 valence electrons. The maximum Gasteiger partial charge on any atom is 0.348 e. The van der Waals surface area contributed by atoms with Crippen molar-refractivity contribution in [2.45, 2.75) is 27.7 Å². The fourth-order valence-corrected chi connectivity index (χ4v) is 3.08. The van der Waals surface area contributed by atoms with Gasteiger partial charge >= 0.3 is 5.97 Å². The molecule has 0 fully saturated rings. The van der Waals surface area contributed by atoms with Crippen LogP contribution in [0.4, 0.5) is 5.00 Å². The molecule has 1 amide bonds. The fraction of sp³-hybridized carbons (Fsp3) is 0.294. The van der Waals surface area contributed by atoms with Crippen molar-refractivity contribution >= 4 is 28.2 Å². The number of carbonyl (C=O) groups excluding carboxylic acids is 2. The van der Waals surface area contributed by atoms with Crippen LogP contribution in [0.15, 0.2) is 24.3 Å². The molecule has 1 aromatic heterocycles. The average Bonchev–Trinajstić information content (AvgIpc) is 2.82. The predicted molar refractivity (Wildman–Crippen MR) is 88.9 cm³/mol. The van der Waals surface area contributed by atoms with Crippen molar-refractivity contribution in [3.63, 3.8) is 0 Å². The van der Waals surface area contributed by atoms with Gasteiger partial charge in [0.2, 0.25) is 0 Å². The molecular weight excluding hydrogens is 298 g/mol. The van der Waals surface area contributed by atoms with Gasteiger partial charge in [-0.1, -0.05) is 12.1 Å². The Kier molecular flexibility index (Phi) is 4.98. The Morgan fingerprint density at radius 1 is 1.18 bits per heavy atom. The van der Waals surface area contributed by atoms with E-state index in [9.17, 15) is 9.59 Å². The lowest BCUT2D eigenvalue weighted by molar-refractivity contribution is 0.0531. The molecule has 2 aromatic rings. The zero-order valence-corrected chi connectivity index (χ0v) is 14.0. The minimum atomic E-state index is -0.350. The predicted octanol–water partition coefficient (Wildman–Crippen LogP) is 4.10. The highest BCUT2D eigenvalue weighted by molar-refractivity contribution is 7.18. The normalized spacial score (nSPS) is 10.4. The van der Waals surface area contributed by atoms with Gasteiger partial charge in [0.1, 0.15) is 4.88 Å². The van der Waals surface area contributed by atoms with Gasteiger partial charge in [-0.2, -0.15) is 0 Å². The first kappa shape index (κ1) is 16.2. The molecule has 4 nitrogen and oxygen atoms in total. The second-order valence-corrected chi connectivity index (χ2v) is 6.10. The van der Waals surface area contributed by atoms with Crippen LogP contribution >= 0.6 is 11.3 Å². The van der Waals surface area contributed by atoms with E-state index >= 15 is 0 Å². The first-order valence-electron chi connectivity index (χ1n) is 7.09. The minimum absolute atomic E-state index is 0.169. The van der Waals surface area contributed by atoms with Gasteiger partial charge in [-0.3, -0.25) is 4.79 Å². The Morgan fingerprint density at radius 2 is 1.91 bits per heavy atom. The van der Waals surface area contributed by atoms with Crippen molar-refractivity contribution in [2.24, 2.45) is 0 Å². The Bertz CT molecular complexity index is 719. The lowest BCUT2D eigenvalue weighted by atomic mass is 10.0. The van der Waals surface area contributed by atoms with Crippen LogP contribution in [0.3, 0.4) is 0 Å². The number of anilines is 1. The molecule has 0 unspecified atom stereocenters. The quantitative estimate of drug-likeness (QED) is 0.864. The van der Waals surface area contributed by atoms with Crippen LogP contribution in [0.25, 0.3) is 0 Å². The molecule has 0 aliphatic heterocycles. The molecule has 1 N–H and O–H groups in total. The summed E-state index contributed by atoms with van der Waals surface area (Å²) in [4.78, 5) is 24.7. The number of ether oxygens (including phenoxy) is 1. The molecule has 22 heavy (non-hydrogen) atoms. The first-order chi connectivity index (χ1) is 10.4. The number of hydrogen-bond acceptors (Lipinski definition) is 4. The van der Waals surface area contributed by atoms with E-state index in [1.165, 1.54) is 11.3 Å². The Balaban J connectivity index is 2.21. The highest BCUT2D eigenvalue weighted by atomic mass is 32.1. The van der Waals surface area contributed by atoms with Crippen LogP contribution in [-0.4, -0.2) is 18.5 Å². The van der Waals surface area contributed by atoms with Gasteiger partial charge in [0.25, 0.3) is 5.91 Å². The number of aryl methyl sites for hydroxylation is 2. The topological polar surface area (TPSA) is 55.4 Å². The van der Waals surface area contributed by atoms with Crippen molar-refractivity contribution in [2.75, 3.05) is 11.9 Å². The van der Waals surface area contributed by atoms with E-state index in [1.807, 2.05) is 32.9 Å². The van der Waals surface area contributed by atoms with Gasteiger partial charge in [-0.25, -0.2) is 4.79 Å². The highest BCUT2D eigenvalue weighted by Gasteiger charge is 2.17. The monoisotopic (exact) mass is 317 g/mol. The van der Waals surface area contributed by atoms with Gasteiger partial charge in [0.05, 0.1) is 11.6 Å². The molecule has 1 aromatic carbocycles. The first-order valence-corrected chi connectivity index (χ1v) is 7.90. The number of rotatable bonds is 4. The molecule has 0 aliphatic carbocycles. The maximum absolute atomic E-state index is 12.4. The Labute approximate surface area is 134 Å². The van der Waals surface area contributed by atoms with Gasteiger partial charge in [0, 0.05) is 5.56 Å². The van der Waals surface area contributed by atoms with E-state index in [0.29, 0.717) is 22.0 Å². The summed E-state index contributed by atoms with van der Waals surface area (Å²) in [5, 5.41) is 3.50. The summed E-state index contributed by atoms with van der Waals surface area (Å²) in [7, 11) is 0. The summed E-state index contributed by atoms with van der Waals surface area (Å²) in [5.41, 5.74) is 3.48. The summed E-state index contributed by atoms with van der Waals surface area (Å²) >= 11 is 1.23. The molecule has 2 rings (SSSR count). The lowest BCUT2D eigenvalue weighted by Crippen LogP contribution is -2.13. The van der Waals surface area contributed by atoms with Gasteiger partial charge in [-0.15, -0.1) is 11.3 Å². The standard InChI is InChI=1S/C17H19NO3S/c1-5-21-17(20)15-11(3)9-14(22-15)18-16(19)13-8-6-7-10(2)12(13)4/h6-9H,5H2,1-4H3,(H,18,19). The summed E-state index contributed by atoms with van der Waals surface area (Å²) < 4.78 is 5.01. The Hall–Kier alpha value is -2.14. The number of thiophene rings is 1. The van der Waals surface area contributed by atoms with Crippen molar-refractivity contribution in [3.05, 3.63) is 51.4 Å². The van der Waals surface area contributed by atoms with E-state index < -0.39 is 0 Å². The highest BCUT2D eigenvalue weighted by Crippen LogP contribution is 2.28. The van der Waals surface area contributed by atoms with Crippen molar-refractivity contribution in [3.8, 4) is 0 Å². The number of nitrogens with one attached hydrogen (secondary N) is 1. The van der Waals surface area contributed by atoms with E-state index in [4.69, 9.17) is 4.74 Å². The minimum Gasteiger partial charge on any atom is -0.462 e. The summed E-state index contributed by atoms with van der Waals surface area (Å²) in [6.07, 6.45) is 0. The van der Waals surface area contributed by atoms with Gasteiger partial charge in [0.15, 0.2) is 0 Å². The average molecular weight is 317 g/mol. The molecule has 1 heterocycles. The fourth-order valence-electron chi connectivity index (χ4n) is 2.12. The number of esters is 1. The molecular formula is C17H19NO3S. The van der Waals surface area contributed by atoms with Crippen molar-refractivity contribution < 1.29 is 14.3 Å². The van der Waals surface area contributed by atoms with E-state index in [2.05, 4.69) is 5.32 Å². The molecule has 0 spiro atoms. The van der Waals surface area contributed by atoms with Crippen LogP contribution in [0.2, 0.25) is 0 Å².